The predicted octanol–water partition coefficient (Wildman–Crippen LogP) is 2.77. The summed E-state index contributed by atoms with van der Waals surface area (Å²) in [6.07, 6.45) is -0.215. The number of anilines is 1. The molecule has 4 nitrogen and oxygen atoms in total. The minimum atomic E-state index is -1.35. The lowest BCUT2D eigenvalue weighted by Gasteiger charge is -2.23. The Bertz CT molecular complexity index is 641. The van der Waals surface area contributed by atoms with Crippen molar-refractivity contribution in [2.75, 3.05) is 5.32 Å². The molecule has 2 aromatic rings. The second-order valence-corrected chi connectivity index (χ2v) is 5.03. The number of aromatic hydroxyl groups is 1. The van der Waals surface area contributed by atoms with E-state index in [0.717, 1.165) is 18.2 Å². The van der Waals surface area contributed by atoms with Gasteiger partial charge in [0.1, 0.15) is 11.6 Å². The van der Waals surface area contributed by atoms with Crippen LogP contribution in [0, 0.1) is 5.82 Å². The Morgan fingerprint density at radius 2 is 1.90 bits per heavy atom. The molecule has 21 heavy (non-hydrogen) atoms. The smallest absolute Gasteiger partial charge is 0.227 e. The maximum absolute atomic E-state index is 13.1. The third kappa shape index (κ3) is 3.79. The van der Waals surface area contributed by atoms with E-state index < -0.39 is 17.3 Å². The van der Waals surface area contributed by atoms with Crippen LogP contribution in [0.5, 0.6) is 5.75 Å². The number of benzene rings is 2. The minimum Gasteiger partial charge on any atom is -0.506 e. The Hall–Kier alpha value is -2.40. The average molecular weight is 289 g/mol. The second-order valence-electron chi connectivity index (χ2n) is 5.03. The molecule has 0 aliphatic rings. The third-order valence-corrected chi connectivity index (χ3v) is 3.13. The number of amides is 1. The van der Waals surface area contributed by atoms with E-state index >= 15 is 0 Å². The van der Waals surface area contributed by atoms with Crippen molar-refractivity contribution in [2.45, 2.75) is 18.9 Å². The molecular formula is C16H16FNO3. The number of hydrogen-bond acceptors (Lipinski definition) is 3. The summed E-state index contributed by atoms with van der Waals surface area (Å²) in [7, 11) is 0. The monoisotopic (exact) mass is 289 g/mol. The summed E-state index contributed by atoms with van der Waals surface area (Å²) in [4.78, 5) is 12.0. The van der Waals surface area contributed by atoms with Crippen molar-refractivity contribution in [2.24, 2.45) is 0 Å². The Labute approximate surface area is 121 Å². The van der Waals surface area contributed by atoms with Crippen LogP contribution in [0.1, 0.15) is 18.9 Å². The van der Waals surface area contributed by atoms with Crippen molar-refractivity contribution in [3.8, 4) is 5.75 Å². The molecule has 0 heterocycles. The van der Waals surface area contributed by atoms with Crippen LogP contribution in [-0.4, -0.2) is 16.1 Å². The van der Waals surface area contributed by atoms with Gasteiger partial charge in [0.15, 0.2) is 0 Å². The molecule has 0 saturated carbocycles. The van der Waals surface area contributed by atoms with Crippen LogP contribution < -0.4 is 5.32 Å². The highest BCUT2D eigenvalue weighted by atomic mass is 19.1. The number of carbonyl (C=O) groups is 1. The number of phenolic OH excluding ortho intramolecular Hbond substituents is 1. The average Bonchev–Trinajstić information content (AvgIpc) is 2.43. The second kappa shape index (κ2) is 5.93. The van der Waals surface area contributed by atoms with Crippen molar-refractivity contribution >= 4 is 11.6 Å². The zero-order chi connectivity index (χ0) is 15.5. The molecule has 0 radical (unpaired) electrons. The predicted molar refractivity (Wildman–Crippen MR) is 77.3 cm³/mol. The van der Waals surface area contributed by atoms with Crippen LogP contribution in [-0.2, 0) is 10.4 Å². The summed E-state index contributed by atoms with van der Waals surface area (Å²) in [5, 5.41) is 22.3. The van der Waals surface area contributed by atoms with E-state index in [1.165, 1.54) is 6.92 Å². The Morgan fingerprint density at radius 1 is 1.24 bits per heavy atom. The summed E-state index contributed by atoms with van der Waals surface area (Å²) >= 11 is 0. The number of nitrogens with one attached hydrogen (secondary N) is 1. The Balaban J connectivity index is 2.09. The van der Waals surface area contributed by atoms with Crippen LogP contribution in [0.15, 0.2) is 48.5 Å². The van der Waals surface area contributed by atoms with Crippen molar-refractivity contribution in [3.05, 3.63) is 59.9 Å². The molecule has 110 valence electrons. The molecular weight excluding hydrogens is 273 g/mol. The molecule has 0 aromatic heterocycles. The van der Waals surface area contributed by atoms with E-state index in [0.29, 0.717) is 5.56 Å². The normalized spacial score (nSPS) is 13.5. The number of carbonyl (C=O) groups excluding carboxylic acids is 1. The van der Waals surface area contributed by atoms with Crippen LogP contribution in [0.3, 0.4) is 0 Å². The summed E-state index contributed by atoms with van der Waals surface area (Å²) in [5.74, 6) is -1.33. The lowest BCUT2D eigenvalue weighted by Crippen LogP contribution is -2.28. The Kier molecular flexibility index (Phi) is 4.23. The van der Waals surface area contributed by atoms with Gasteiger partial charge in [-0.1, -0.05) is 30.3 Å². The first-order chi connectivity index (χ1) is 9.88. The molecule has 2 rings (SSSR count). The van der Waals surface area contributed by atoms with E-state index in [2.05, 4.69) is 5.32 Å². The third-order valence-electron chi connectivity index (χ3n) is 3.13. The lowest BCUT2D eigenvalue weighted by molar-refractivity contribution is -0.120. The first-order valence-electron chi connectivity index (χ1n) is 6.45. The SMILES string of the molecule is CC(O)(CC(=O)Nc1cc(F)ccc1O)c1ccccc1. The number of hydrogen-bond donors (Lipinski definition) is 3. The van der Waals surface area contributed by atoms with Crippen LogP contribution >= 0.6 is 0 Å². The van der Waals surface area contributed by atoms with Crippen LogP contribution in [0.4, 0.5) is 10.1 Å². The van der Waals surface area contributed by atoms with E-state index in [-0.39, 0.29) is 17.9 Å². The summed E-state index contributed by atoms with van der Waals surface area (Å²) < 4.78 is 13.1. The first-order valence-corrected chi connectivity index (χ1v) is 6.45. The molecule has 3 N–H and O–H groups in total. The van der Waals surface area contributed by atoms with Gasteiger partial charge in [-0.2, -0.15) is 0 Å². The maximum Gasteiger partial charge on any atom is 0.227 e. The van der Waals surface area contributed by atoms with Gasteiger partial charge in [-0.15, -0.1) is 0 Å². The first kappa shape index (κ1) is 15.0. The quantitative estimate of drug-likeness (QED) is 0.758. The number of phenols is 1. The molecule has 0 spiro atoms. The van der Waals surface area contributed by atoms with E-state index in [9.17, 15) is 19.4 Å². The molecule has 0 fully saturated rings. The molecule has 0 aliphatic heterocycles. The molecule has 1 atom stereocenters. The van der Waals surface area contributed by atoms with Gasteiger partial charge in [-0.3, -0.25) is 4.79 Å². The summed E-state index contributed by atoms with van der Waals surface area (Å²) in [6, 6.07) is 12.0. The zero-order valence-electron chi connectivity index (χ0n) is 11.5. The van der Waals surface area contributed by atoms with Gasteiger partial charge in [0.2, 0.25) is 5.91 Å². The van der Waals surface area contributed by atoms with Gasteiger partial charge in [0, 0.05) is 6.07 Å². The highest BCUT2D eigenvalue weighted by Gasteiger charge is 2.26. The van der Waals surface area contributed by atoms with E-state index in [1.54, 1.807) is 24.3 Å². The fourth-order valence-electron chi connectivity index (χ4n) is 2.01. The summed E-state index contributed by atoms with van der Waals surface area (Å²) in [5.41, 5.74) is -0.777. The van der Waals surface area contributed by atoms with Crippen molar-refractivity contribution in [1.29, 1.82) is 0 Å². The van der Waals surface area contributed by atoms with E-state index in [4.69, 9.17) is 0 Å². The fourth-order valence-corrected chi connectivity index (χ4v) is 2.01. The van der Waals surface area contributed by atoms with Crippen molar-refractivity contribution in [3.63, 3.8) is 0 Å². The van der Waals surface area contributed by atoms with E-state index in [1.807, 2.05) is 6.07 Å². The van der Waals surface area contributed by atoms with Gasteiger partial charge in [-0.05, 0) is 24.6 Å². The Morgan fingerprint density at radius 3 is 2.57 bits per heavy atom. The maximum atomic E-state index is 13.1. The number of halogens is 1. The molecule has 1 unspecified atom stereocenters. The minimum absolute atomic E-state index is 0.0242. The van der Waals surface area contributed by atoms with Gasteiger partial charge in [-0.25, -0.2) is 4.39 Å². The van der Waals surface area contributed by atoms with Gasteiger partial charge in [0.05, 0.1) is 17.7 Å². The number of aliphatic hydroxyl groups is 1. The number of rotatable bonds is 4. The zero-order valence-corrected chi connectivity index (χ0v) is 11.5. The highest BCUT2D eigenvalue weighted by Crippen LogP contribution is 2.27. The highest BCUT2D eigenvalue weighted by molar-refractivity contribution is 5.92. The topological polar surface area (TPSA) is 69.6 Å². The standard InChI is InChI=1S/C16H16FNO3/c1-16(21,11-5-3-2-4-6-11)10-15(20)18-13-9-12(17)7-8-14(13)19/h2-9,19,21H,10H2,1H3,(H,18,20). The molecule has 0 aliphatic carbocycles. The lowest BCUT2D eigenvalue weighted by atomic mass is 9.92. The molecule has 1 amide bonds. The van der Waals surface area contributed by atoms with Gasteiger partial charge in [0.25, 0.3) is 0 Å². The van der Waals surface area contributed by atoms with Crippen molar-refractivity contribution in [1.82, 2.24) is 0 Å². The van der Waals surface area contributed by atoms with Crippen LogP contribution in [0.2, 0.25) is 0 Å². The largest absolute Gasteiger partial charge is 0.506 e. The molecule has 5 heteroatoms. The molecule has 2 aromatic carbocycles. The van der Waals surface area contributed by atoms with Gasteiger partial charge >= 0.3 is 0 Å². The van der Waals surface area contributed by atoms with Crippen LogP contribution in [0.25, 0.3) is 0 Å². The summed E-state index contributed by atoms with van der Waals surface area (Å²) in [6.45, 7) is 1.52. The molecule has 0 saturated heterocycles. The van der Waals surface area contributed by atoms with Crippen molar-refractivity contribution < 1.29 is 19.4 Å². The van der Waals surface area contributed by atoms with Gasteiger partial charge < -0.3 is 15.5 Å². The molecule has 0 bridgehead atoms. The fraction of sp³-hybridized carbons (Fsp3) is 0.188.